The Hall–Kier alpha value is -3.99. The first-order chi connectivity index (χ1) is 16.8. The number of ketones is 1. The highest BCUT2D eigenvalue weighted by Gasteiger charge is 2.27. The van der Waals surface area contributed by atoms with Gasteiger partial charge in [0.1, 0.15) is 5.76 Å². The molecule has 5 heteroatoms. The summed E-state index contributed by atoms with van der Waals surface area (Å²) in [4.78, 5) is 18.4. The SMILES string of the molecule is CC(=O)/C=C(/C)OF.CC1C(c2ccccc2)=N/C(c2ccccc2)=C(\N)c2ccccc2C1C. The Balaban J connectivity index is 0.000000371. The summed E-state index contributed by atoms with van der Waals surface area (Å²) in [5.41, 5.74) is 13.9. The second kappa shape index (κ2) is 11.9. The van der Waals surface area contributed by atoms with E-state index in [9.17, 15) is 9.32 Å². The van der Waals surface area contributed by atoms with Crippen molar-refractivity contribution in [3.05, 3.63) is 119 Å². The Morgan fingerprint density at radius 3 is 1.94 bits per heavy atom. The number of nitrogens with zero attached hydrogens (tertiary/aromatic N) is 1. The van der Waals surface area contributed by atoms with E-state index in [1.807, 2.05) is 24.3 Å². The maximum absolute atomic E-state index is 11.0. The molecule has 2 N–H and O–H groups in total. The molecule has 4 nitrogen and oxygen atoms in total. The number of fused-ring (bicyclic) bond motifs is 1. The number of hydrogen-bond acceptors (Lipinski definition) is 4. The predicted octanol–water partition coefficient (Wildman–Crippen LogP) is 7.09. The number of hydrogen-bond donors (Lipinski definition) is 1. The molecule has 1 aliphatic rings. The van der Waals surface area contributed by atoms with Crippen LogP contribution in [0, 0.1) is 5.92 Å². The molecule has 3 aromatic carbocycles. The molecule has 4 rings (SSSR count). The van der Waals surface area contributed by atoms with Crippen LogP contribution in [0.3, 0.4) is 0 Å². The molecule has 1 aliphatic heterocycles. The van der Waals surface area contributed by atoms with Crippen molar-refractivity contribution in [2.45, 2.75) is 33.6 Å². The third-order valence-electron chi connectivity index (χ3n) is 6.06. The molecule has 35 heavy (non-hydrogen) atoms. The molecular weight excluding hydrogens is 439 g/mol. The molecule has 3 aromatic rings. The first kappa shape index (κ1) is 25.6. The lowest BCUT2D eigenvalue weighted by atomic mass is 9.79. The van der Waals surface area contributed by atoms with Crippen molar-refractivity contribution in [3.8, 4) is 0 Å². The fourth-order valence-corrected chi connectivity index (χ4v) is 4.12. The van der Waals surface area contributed by atoms with E-state index in [2.05, 4.69) is 79.5 Å². The van der Waals surface area contributed by atoms with Gasteiger partial charge in [0.25, 0.3) is 0 Å². The van der Waals surface area contributed by atoms with Crippen LogP contribution < -0.4 is 5.73 Å². The van der Waals surface area contributed by atoms with E-state index in [0.29, 0.717) is 5.92 Å². The zero-order valence-electron chi connectivity index (χ0n) is 20.5. The first-order valence-corrected chi connectivity index (χ1v) is 11.6. The first-order valence-electron chi connectivity index (χ1n) is 11.6. The van der Waals surface area contributed by atoms with Gasteiger partial charge in [0.2, 0.25) is 0 Å². The summed E-state index contributed by atoms with van der Waals surface area (Å²) in [6.45, 7) is 7.21. The number of benzene rings is 3. The Kier molecular flexibility index (Phi) is 8.74. The van der Waals surface area contributed by atoms with Crippen molar-refractivity contribution >= 4 is 22.9 Å². The number of halogens is 1. The molecule has 0 bridgehead atoms. The Labute approximate surface area is 206 Å². The number of rotatable bonds is 4. The Bertz CT molecular complexity index is 1250. The van der Waals surface area contributed by atoms with Crippen molar-refractivity contribution < 1.29 is 14.3 Å². The number of carbonyl (C=O) groups excluding carboxylic acids is 1. The molecule has 0 aliphatic carbocycles. The predicted molar refractivity (Wildman–Crippen MR) is 141 cm³/mol. The molecule has 0 saturated heterocycles. The summed E-state index contributed by atoms with van der Waals surface area (Å²) in [6, 6.07) is 29.1. The fourth-order valence-electron chi connectivity index (χ4n) is 4.12. The van der Waals surface area contributed by atoms with Crippen molar-refractivity contribution in [3.63, 3.8) is 0 Å². The van der Waals surface area contributed by atoms with Crippen LogP contribution in [-0.4, -0.2) is 11.5 Å². The van der Waals surface area contributed by atoms with Gasteiger partial charge in [-0.3, -0.25) is 9.74 Å². The van der Waals surface area contributed by atoms with Gasteiger partial charge in [-0.15, -0.1) is 0 Å². The Morgan fingerprint density at radius 2 is 1.40 bits per heavy atom. The van der Waals surface area contributed by atoms with Crippen LogP contribution >= 0.6 is 0 Å². The second-order valence-electron chi connectivity index (χ2n) is 8.60. The second-order valence-corrected chi connectivity index (χ2v) is 8.60. The normalized spacial score (nSPS) is 19.8. The van der Waals surface area contributed by atoms with E-state index in [1.54, 1.807) is 0 Å². The third-order valence-corrected chi connectivity index (χ3v) is 6.06. The molecule has 0 fully saturated rings. The van der Waals surface area contributed by atoms with E-state index < -0.39 is 0 Å². The van der Waals surface area contributed by atoms with Crippen molar-refractivity contribution in [1.82, 2.24) is 0 Å². The van der Waals surface area contributed by atoms with Crippen molar-refractivity contribution in [2.75, 3.05) is 0 Å². The number of aliphatic imine (C=N–C) groups is 1. The van der Waals surface area contributed by atoms with Crippen LogP contribution in [0.2, 0.25) is 0 Å². The van der Waals surface area contributed by atoms with Gasteiger partial charge in [-0.2, -0.15) is 0 Å². The number of allylic oxidation sites excluding steroid dienone is 2. The molecule has 180 valence electrons. The molecule has 0 amide bonds. The lowest BCUT2D eigenvalue weighted by molar-refractivity contribution is -0.114. The average Bonchev–Trinajstić information content (AvgIpc) is 2.88. The number of nitrogens with two attached hydrogens (primary N) is 1. The molecule has 1 heterocycles. The third kappa shape index (κ3) is 6.33. The minimum absolute atomic E-state index is 0.0162. The summed E-state index contributed by atoms with van der Waals surface area (Å²) < 4.78 is 11.0. The molecule has 0 radical (unpaired) electrons. The van der Waals surface area contributed by atoms with Gasteiger partial charge >= 0.3 is 0 Å². The highest BCUT2D eigenvalue weighted by Crippen LogP contribution is 2.37. The summed E-state index contributed by atoms with van der Waals surface area (Å²) in [7, 11) is 0. The fraction of sp³-hybridized carbons (Fsp3) is 0.200. The zero-order valence-corrected chi connectivity index (χ0v) is 20.5. The smallest absolute Gasteiger partial charge is 0.156 e. The highest BCUT2D eigenvalue weighted by molar-refractivity contribution is 6.08. The summed E-state index contributed by atoms with van der Waals surface area (Å²) >= 11 is 0. The standard InChI is InChI=1S/C25H24N2.C5H7FO2/c1-17-18(2)24(19-11-5-3-6-12-19)27-25(20-13-7-4-8-14-20)23(26)22-16-10-9-15-21(17)22;1-4(7)3-5(2)8-6/h3-18H,26H2,1-2H3;3H,1-2H3/b25-23-,27-24?;5-3-. The lowest BCUT2D eigenvalue weighted by Gasteiger charge is -2.28. The van der Waals surface area contributed by atoms with E-state index in [4.69, 9.17) is 10.7 Å². The van der Waals surface area contributed by atoms with Crippen molar-refractivity contribution in [2.24, 2.45) is 16.6 Å². The van der Waals surface area contributed by atoms with E-state index in [0.717, 1.165) is 39.9 Å². The molecule has 0 aromatic heterocycles. The average molecular weight is 471 g/mol. The van der Waals surface area contributed by atoms with Gasteiger partial charge in [-0.05, 0) is 30.9 Å². The van der Waals surface area contributed by atoms with E-state index >= 15 is 0 Å². The summed E-state index contributed by atoms with van der Waals surface area (Å²) in [5.74, 6) is 0.342. The van der Waals surface area contributed by atoms with Gasteiger partial charge in [0.05, 0.1) is 17.1 Å². The maximum Gasteiger partial charge on any atom is 0.156 e. The topological polar surface area (TPSA) is 64.7 Å². The molecular formula is C30H31FN2O2. The van der Waals surface area contributed by atoms with Crippen LogP contribution in [0.4, 0.5) is 4.53 Å². The van der Waals surface area contributed by atoms with Crippen molar-refractivity contribution in [1.29, 1.82) is 0 Å². The monoisotopic (exact) mass is 470 g/mol. The van der Waals surface area contributed by atoms with Crippen LogP contribution in [0.5, 0.6) is 0 Å². The van der Waals surface area contributed by atoms with E-state index in [-0.39, 0.29) is 17.5 Å². The number of carbonyl (C=O) groups is 1. The van der Waals surface area contributed by atoms with Gasteiger partial charge in [0.15, 0.2) is 5.78 Å². The molecule has 2 unspecified atom stereocenters. The van der Waals surface area contributed by atoms with Gasteiger partial charge < -0.3 is 5.73 Å². The van der Waals surface area contributed by atoms with Crippen LogP contribution in [0.1, 0.15) is 55.9 Å². The molecule has 2 atom stereocenters. The minimum atomic E-state index is -0.222. The molecule has 0 spiro atoms. The largest absolute Gasteiger partial charge is 0.396 e. The highest BCUT2D eigenvalue weighted by atomic mass is 19.3. The van der Waals surface area contributed by atoms with Gasteiger partial charge in [0, 0.05) is 27.6 Å². The van der Waals surface area contributed by atoms with E-state index in [1.165, 1.54) is 19.4 Å². The zero-order chi connectivity index (χ0) is 25.4. The van der Waals surface area contributed by atoms with Crippen LogP contribution in [0.25, 0.3) is 11.4 Å². The van der Waals surface area contributed by atoms with Crippen LogP contribution in [0.15, 0.2) is 102 Å². The maximum atomic E-state index is 11.0. The minimum Gasteiger partial charge on any atom is -0.396 e. The Morgan fingerprint density at radius 1 is 0.857 bits per heavy atom. The lowest BCUT2D eigenvalue weighted by Crippen LogP contribution is -2.22. The quantitative estimate of drug-likeness (QED) is 0.327. The van der Waals surface area contributed by atoms with Gasteiger partial charge in [-0.25, -0.2) is 4.99 Å². The van der Waals surface area contributed by atoms with Crippen LogP contribution in [-0.2, 0) is 9.74 Å². The molecule has 0 saturated carbocycles. The summed E-state index contributed by atoms with van der Waals surface area (Å²) in [5, 5.41) is 0. The summed E-state index contributed by atoms with van der Waals surface area (Å²) in [6.07, 6.45) is 1.07. The van der Waals surface area contributed by atoms with Gasteiger partial charge in [-0.1, -0.05) is 98.8 Å².